The lowest BCUT2D eigenvalue weighted by molar-refractivity contribution is -0.133. The van der Waals surface area contributed by atoms with Crippen molar-refractivity contribution in [1.82, 2.24) is 14.8 Å². The third kappa shape index (κ3) is 3.20. The molecule has 0 saturated heterocycles. The topological polar surface area (TPSA) is 88.2 Å². The Morgan fingerprint density at radius 3 is 2.90 bits per heavy atom. The molecule has 108 valence electrons. The molecule has 0 aliphatic rings. The molecular weight excluding hydrogens is 298 g/mol. The molecule has 0 aromatic carbocycles. The maximum Gasteiger partial charge on any atom is 0.313 e. The van der Waals surface area contributed by atoms with Crippen molar-refractivity contribution >= 4 is 29.1 Å². The summed E-state index contributed by atoms with van der Waals surface area (Å²) in [5.41, 5.74) is 0. The summed E-state index contributed by atoms with van der Waals surface area (Å²) in [4.78, 5) is 11.8. The molecule has 0 fully saturated rings. The van der Waals surface area contributed by atoms with Gasteiger partial charge in [0, 0.05) is 4.88 Å². The highest BCUT2D eigenvalue weighted by Crippen LogP contribution is 2.31. The molecule has 20 heavy (non-hydrogen) atoms. The number of rotatable bonds is 7. The van der Waals surface area contributed by atoms with Crippen molar-refractivity contribution in [3.63, 3.8) is 0 Å². The first-order chi connectivity index (χ1) is 9.67. The maximum absolute atomic E-state index is 10.7. The van der Waals surface area contributed by atoms with E-state index in [4.69, 9.17) is 5.11 Å². The van der Waals surface area contributed by atoms with Crippen LogP contribution in [0.1, 0.15) is 30.1 Å². The maximum atomic E-state index is 10.7. The second-order valence-corrected chi connectivity index (χ2v) is 5.97. The van der Waals surface area contributed by atoms with Crippen LogP contribution < -0.4 is 0 Å². The third-order valence-electron chi connectivity index (χ3n) is 2.77. The van der Waals surface area contributed by atoms with Crippen LogP contribution >= 0.6 is 23.1 Å². The van der Waals surface area contributed by atoms with Crippen molar-refractivity contribution in [3.8, 4) is 0 Å². The molecule has 0 saturated carbocycles. The van der Waals surface area contributed by atoms with Gasteiger partial charge < -0.3 is 10.2 Å². The highest BCUT2D eigenvalue weighted by molar-refractivity contribution is 7.99. The van der Waals surface area contributed by atoms with Crippen LogP contribution in [0.2, 0.25) is 0 Å². The number of aliphatic hydroxyl groups is 1. The van der Waals surface area contributed by atoms with Crippen molar-refractivity contribution in [3.05, 3.63) is 28.2 Å². The van der Waals surface area contributed by atoms with Crippen LogP contribution in [-0.4, -0.2) is 36.7 Å². The first-order valence-electron chi connectivity index (χ1n) is 6.10. The lowest BCUT2D eigenvalue weighted by Crippen LogP contribution is -2.14. The van der Waals surface area contributed by atoms with Crippen LogP contribution in [0.4, 0.5) is 0 Å². The molecule has 1 unspecified atom stereocenters. The summed E-state index contributed by atoms with van der Waals surface area (Å²) in [6, 6.07) is 4.00. The van der Waals surface area contributed by atoms with Gasteiger partial charge in [0.2, 0.25) is 0 Å². The Labute approximate surface area is 124 Å². The fourth-order valence-electron chi connectivity index (χ4n) is 1.94. The number of carbonyl (C=O) groups is 1. The quantitative estimate of drug-likeness (QED) is 0.760. The van der Waals surface area contributed by atoms with E-state index >= 15 is 0 Å². The highest BCUT2D eigenvalue weighted by atomic mass is 32.2. The van der Waals surface area contributed by atoms with Crippen molar-refractivity contribution in [2.24, 2.45) is 0 Å². The first-order valence-corrected chi connectivity index (χ1v) is 7.96. The Morgan fingerprint density at radius 1 is 1.55 bits per heavy atom. The number of hydrogen-bond donors (Lipinski definition) is 2. The van der Waals surface area contributed by atoms with E-state index in [0.717, 1.165) is 23.1 Å². The summed E-state index contributed by atoms with van der Waals surface area (Å²) < 4.78 is 1.83. The van der Waals surface area contributed by atoms with Crippen molar-refractivity contribution in [2.75, 3.05) is 5.75 Å². The van der Waals surface area contributed by atoms with Gasteiger partial charge in [-0.2, -0.15) is 0 Å². The summed E-state index contributed by atoms with van der Waals surface area (Å²) in [6.45, 7) is 1.82. The number of aliphatic carboxylic acids is 1. The average molecular weight is 313 g/mol. The molecule has 0 aliphatic heterocycles. The highest BCUT2D eigenvalue weighted by Gasteiger charge is 2.22. The van der Waals surface area contributed by atoms with E-state index in [-0.39, 0.29) is 18.4 Å². The smallest absolute Gasteiger partial charge is 0.313 e. The average Bonchev–Trinajstić information content (AvgIpc) is 3.07. The molecule has 2 N–H and O–H groups in total. The SMILES string of the molecule is CCC(c1cccs1)n1c(CO)nnc1SCC(=O)O. The molecule has 2 rings (SSSR count). The number of carboxylic acids is 1. The molecule has 6 nitrogen and oxygen atoms in total. The Hall–Kier alpha value is -1.38. The minimum atomic E-state index is -0.903. The summed E-state index contributed by atoms with van der Waals surface area (Å²) in [6.07, 6.45) is 0.812. The minimum absolute atomic E-state index is 0.0171. The van der Waals surface area contributed by atoms with Crippen LogP contribution in [-0.2, 0) is 11.4 Å². The van der Waals surface area contributed by atoms with E-state index < -0.39 is 5.97 Å². The van der Waals surface area contributed by atoms with Gasteiger partial charge in [0.05, 0.1) is 11.8 Å². The zero-order chi connectivity index (χ0) is 14.5. The van der Waals surface area contributed by atoms with Crippen LogP contribution in [0, 0.1) is 0 Å². The lowest BCUT2D eigenvalue weighted by Gasteiger charge is -2.18. The molecule has 2 aromatic rings. The van der Waals surface area contributed by atoms with Gasteiger partial charge in [-0.1, -0.05) is 24.8 Å². The lowest BCUT2D eigenvalue weighted by atomic mass is 10.2. The van der Waals surface area contributed by atoms with Crippen LogP contribution in [0.15, 0.2) is 22.7 Å². The van der Waals surface area contributed by atoms with Gasteiger partial charge in [-0.15, -0.1) is 21.5 Å². The zero-order valence-electron chi connectivity index (χ0n) is 10.9. The van der Waals surface area contributed by atoms with Crippen LogP contribution in [0.25, 0.3) is 0 Å². The van der Waals surface area contributed by atoms with Gasteiger partial charge >= 0.3 is 5.97 Å². The van der Waals surface area contributed by atoms with Gasteiger partial charge in [-0.25, -0.2) is 0 Å². The molecule has 0 spiro atoms. The Kier molecular flexibility index (Phi) is 5.16. The molecule has 0 amide bonds. The van der Waals surface area contributed by atoms with Gasteiger partial charge in [-0.3, -0.25) is 9.36 Å². The number of aromatic nitrogens is 3. The van der Waals surface area contributed by atoms with E-state index in [1.807, 2.05) is 29.0 Å². The minimum Gasteiger partial charge on any atom is -0.481 e. The molecular formula is C12H15N3O3S2. The van der Waals surface area contributed by atoms with E-state index in [2.05, 4.69) is 10.2 Å². The molecule has 2 heterocycles. The Bertz CT molecular complexity index is 569. The van der Waals surface area contributed by atoms with Crippen LogP contribution in [0.5, 0.6) is 0 Å². The van der Waals surface area contributed by atoms with Gasteiger partial charge in [0.15, 0.2) is 11.0 Å². The van der Waals surface area contributed by atoms with E-state index in [9.17, 15) is 9.90 Å². The summed E-state index contributed by atoms with van der Waals surface area (Å²) in [5, 5.41) is 28.6. The normalized spacial score (nSPS) is 12.5. The second-order valence-electron chi connectivity index (χ2n) is 4.05. The number of hydrogen-bond acceptors (Lipinski definition) is 6. The Morgan fingerprint density at radius 2 is 2.35 bits per heavy atom. The van der Waals surface area contributed by atoms with Gasteiger partial charge in [-0.05, 0) is 17.9 Å². The van der Waals surface area contributed by atoms with E-state index in [1.54, 1.807) is 11.3 Å². The fraction of sp³-hybridized carbons (Fsp3) is 0.417. The summed E-state index contributed by atoms with van der Waals surface area (Å²) >= 11 is 2.74. The molecule has 8 heteroatoms. The molecule has 1 atom stereocenters. The predicted octanol–water partition coefficient (Wildman–Crippen LogP) is 2.01. The summed E-state index contributed by atoms with van der Waals surface area (Å²) in [5.74, 6) is -0.526. The largest absolute Gasteiger partial charge is 0.481 e. The third-order valence-corrected chi connectivity index (χ3v) is 4.67. The Balaban J connectivity index is 2.36. The number of nitrogens with zero attached hydrogens (tertiary/aromatic N) is 3. The van der Waals surface area contributed by atoms with E-state index in [0.29, 0.717) is 11.0 Å². The zero-order valence-corrected chi connectivity index (χ0v) is 12.5. The second kappa shape index (κ2) is 6.87. The molecule has 2 aromatic heterocycles. The number of thiophene rings is 1. The number of carboxylic acid groups (broad SMARTS) is 1. The monoisotopic (exact) mass is 313 g/mol. The van der Waals surface area contributed by atoms with Gasteiger partial charge in [0.1, 0.15) is 6.61 Å². The van der Waals surface area contributed by atoms with Crippen LogP contribution in [0.3, 0.4) is 0 Å². The predicted molar refractivity (Wildman–Crippen MR) is 77.1 cm³/mol. The fourth-order valence-corrected chi connectivity index (χ4v) is 3.57. The van der Waals surface area contributed by atoms with Crippen molar-refractivity contribution in [1.29, 1.82) is 0 Å². The van der Waals surface area contributed by atoms with E-state index in [1.165, 1.54) is 0 Å². The standard InChI is InChI=1S/C12H15N3O3S2/c1-2-8(9-4-3-5-19-9)15-10(6-16)13-14-12(15)20-7-11(17)18/h3-5,8,16H,2,6-7H2,1H3,(H,17,18). The molecule has 0 aliphatic carbocycles. The number of thioether (sulfide) groups is 1. The number of aliphatic hydroxyl groups excluding tert-OH is 1. The first kappa shape index (κ1) is 15.0. The van der Waals surface area contributed by atoms with Crippen molar-refractivity contribution < 1.29 is 15.0 Å². The molecule has 0 radical (unpaired) electrons. The van der Waals surface area contributed by atoms with Crippen molar-refractivity contribution in [2.45, 2.75) is 31.1 Å². The van der Waals surface area contributed by atoms with Gasteiger partial charge in [0.25, 0.3) is 0 Å². The molecule has 0 bridgehead atoms. The summed E-state index contributed by atoms with van der Waals surface area (Å²) in [7, 11) is 0.